The molecule has 5 heteroatoms. The van der Waals surface area contributed by atoms with Gasteiger partial charge in [0.15, 0.2) is 5.82 Å². The zero-order valence-electron chi connectivity index (χ0n) is 12.6. The Hall–Kier alpha value is -2.69. The fraction of sp³-hybridized carbons (Fsp3) is 0.235. The largest absolute Gasteiger partial charge is 0.371 e. The quantitative estimate of drug-likeness (QED) is 0.788. The Morgan fingerprint density at radius 2 is 1.86 bits per heavy atom. The fourth-order valence-corrected chi connectivity index (χ4v) is 2.92. The lowest BCUT2D eigenvalue weighted by Gasteiger charge is -2.33. The van der Waals surface area contributed by atoms with Gasteiger partial charge in [-0.05, 0) is 38.1 Å². The maximum atomic E-state index is 4.43. The van der Waals surface area contributed by atoms with Gasteiger partial charge in [-0.25, -0.2) is 0 Å². The molecule has 0 amide bonds. The Bertz CT molecular complexity index is 820. The van der Waals surface area contributed by atoms with E-state index in [4.69, 9.17) is 0 Å². The van der Waals surface area contributed by atoms with Crippen molar-refractivity contribution < 1.29 is 0 Å². The third kappa shape index (κ3) is 1.97. The molecule has 5 nitrogen and oxygen atoms in total. The minimum absolute atomic E-state index is 0.260. The number of nitrogens with one attached hydrogen (secondary N) is 1. The lowest BCUT2D eigenvalue weighted by Crippen LogP contribution is -2.36. The van der Waals surface area contributed by atoms with Crippen LogP contribution in [-0.2, 0) is 12.0 Å². The second-order valence-electron chi connectivity index (χ2n) is 6.04. The average Bonchev–Trinajstić information content (AvgIpc) is 2.93. The first-order valence-electron chi connectivity index (χ1n) is 7.37. The Labute approximate surface area is 129 Å². The van der Waals surface area contributed by atoms with Gasteiger partial charge in [0.2, 0.25) is 0 Å². The van der Waals surface area contributed by atoms with Crippen LogP contribution in [0.15, 0.2) is 48.7 Å². The van der Waals surface area contributed by atoms with Crippen molar-refractivity contribution in [1.82, 2.24) is 19.7 Å². The number of fused-ring (bicyclic) bond motifs is 3. The van der Waals surface area contributed by atoms with E-state index in [2.05, 4.69) is 51.0 Å². The van der Waals surface area contributed by atoms with E-state index < -0.39 is 0 Å². The maximum Gasteiger partial charge on any atom is 0.162 e. The lowest BCUT2D eigenvalue weighted by molar-refractivity contribution is 0.534. The van der Waals surface area contributed by atoms with Gasteiger partial charge in [0.1, 0.15) is 5.82 Å². The van der Waals surface area contributed by atoms with Crippen LogP contribution in [-0.4, -0.2) is 19.7 Å². The second kappa shape index (κ2) is 4.66. The molecule has 0 spiro atoms. The number of hydrogen-bond acceptors (Lipinski definition) is 4. The van der Waals surface area contributed by atoms with Gasteiger partial charge in [0.05, 0.1) is 23.3 Å². The van der Waals surface area contributed by atoms with E-state index in [-0.39, 0.29) is 5.54 Å². The summed E-state index contributed by atoms with van der Waals surface area (Å²) >= 11 is 0. The number of pyridine rings is 1. The van der Waals surface area contributed by atoms with Crippen molar-refractivity contribution in [2.75, 3.05) is 5.32 Å². The zero-order valence-corrected chi connectivity index (χ0v) is 12.6. The van der Waals surface area contributed by atoms with Crippen LogP contribution in [0.3, 0.4) is 0 Å². The molecule has 0 saturated carbocycles. The van der Waals surface area contributed by atoms with E-state index in [1.54, 1.807) is 0 Å². The molecule has 0 atom stereocenters. The van der Waals surface area contributed by atoms with Crippen LogP contribution in [0.1, 0.15) is 31.2 Å². The number of aromatic nitrogens is 4. The van der Waals surface area contributed by atoms with Gasteiger partial charge >= 0.3 is 0 Å². The minimum Gasteiger partial charge on any atom is -0.371 e. The highest BCUT2D eigenvalue weighted by molar-refractivity contribution is 5.66. The Morgan fingerprint density at radius 3 is 2.68 bits per heavy atom. The zero-order chi connectivity index (χ0) is 15.2. The molecule has 3 heterocycles. The van der Waals surface area contributed by atoms with Crippen molar-refractivity contribution >= 4 is 5.69 Å². The van der Waals surface area contributed by atoms with Crippen LogP contribution in [0.5, 0.6) is 0 Å². The van der Waals surface area contributed by atoms with Crippen LogP contribution >= 0.6 is 0 Å². The molecule has 0 radical (unpaired) electrons. The fourth-order valence-electron chi connectivity index (χ4n) is 2.92. The molecule has 2 aromatic heterocycles. The maximum absolute atomic E-state index is 4.43. The van der Waals surface area contributed by atoms with E-state index >= 15 is 0 Å². The molecule has 0 unspecified atom stereocenters. The van der Waals surface area contributed by atoms with Crippen molar-refractivity contribution in [1.29, 1.82) is 0 Å². The van der Waals surface area contributed by atoms with Crippen LogP contribution in [0, 0.1) is 0 Å². The van der Waals surface area contributed by atoms with Crippen molar-refractivity contribution in [3.8, 4) is 5.69 Å². The van der Waals surface area contributed by atoms with Crippen molar-refractivity contribution in [3.63, 3.8) is 0 Å². The summed E-state index contributed by atoms with van der Waals surface area (Å²) in [7, 11) is 0. The van der Waals surface area contributed by atoms with Crippen molar-refractivity contribution in [2.45, 2.75) is 25.8 Å². The van der Waals surface area contributed by atoms with Crippen LogP contribution < -0.4 is 5.32 Å². The van der Waals surface area contributed by atoms with E-state index in [9.17, 15) is 0 Å². The number of anilines is 1. The monoisotopic (exact) mass is 291 g/mol. The summed E-state index contributed by atoms with van der Waals surface area (Å²) in [6, 6.07) is 14.2. The van der Waals surface area contributed by atoms with Crippen LogP contribution in [0.25, 0.3) is 5.69 Å². The van der Waals surface area contributed by atoms with E-state index in [1.165, 1.54) is 0 Å². The lowest BCUT2D eigenvalue weighted by atomic mass is 10.00. The minimum atomic E-state index is -0.260. The summed E-state index contributed by atoms with van der Waals surface area (Å²) in [6.45, 7) is 4.24. The Kier molecular flexibility index (Phi) is 2.76. The molecule has 3 aromatic rings. The van der Waals surface area contributed by atoms with Gasteiger partial charge in [-0.3, -0.25) is 9.55 Å². The number of hydrogen-bond donors (Lipinski definition) is 1. The van der Waals surface area contributed by atoms with Crippen molar-refractivity contribution in [2.24, 2.45) is 0 Å². The molecule has 110 valence electrons. The molecule has 1 aliphatic heterocycles. The molecule has 1 aliphatic rings. The van der Waals surface area contributed by atoms with Gasteiger partial charge < -0.3 is 5.32 Å². The summed E-state index contributed by atoms with van der Waals surface area (Å²) in [5.41, 5.74) is 2.92. The third-order valence-corrected chi connectivity index (χ3v) is 3.95. The normalized spacial score (nSPS) is 14.8. The highest BCUT2D eigenvalue weighted by atomic mass is 15.3. The highest BCUT2D eigenvalue weighted by Crippen LogP contribution is 2.36. The summed E-state index contributed by atoms with van der Waals surface area (Å²) in [4.78, 5) is 4.40. The number of benzene rings is 1. The van der Waals surface area contributed by atoms with Gasteiger partial charge in [-0.15, -0.1) is 10.2 Å². The van der Waals surface area contributed by atoms with Crippen LogP contribution in [0.2, 0.25) is 0 Å². The third-order valence-electron chi connectivity index (χ3n) is 3.95. The van der Waals surface area contributed by atoms with E-state index in [0.717, 1.165) is 28.7 Å². The number of rotatable bonds is 2. The summed E-state index contributed by atoms with van der Waals surface area (Å²) in [5.74, 6) is 1.84. The average molecular weight is 291 g/mol. The van der Waals surface area contributed by atoms with Crippen LogP contribution in [0.4, 0.5) is 5.69 Å². The van der Waals surface area contributed by atoms with E-state index in [1.807, 2.05) is 36.5 Å². The van der Waals surface area contributed by atoms with Crippen molar-refractivity contribution in [3.05, 3.63) is 66.0 Å². The first-order chi connectivity index (χ1) is 10.6. The molecule has 0 fully saturated rings. The summed E-state index contributed by atoms with van der Waals surface area (Å²) < 4.78 is 2.15. The molecule has 4 rings (SSSR count). The highest BCUT2D eigenvalue weighted by Gasteiger charge is 2.34. The molecule has 1 aromatic carbocycles. The SMILES string of the molecule is CC1(C)Nc2ccccc2-n2c(Cc3ccccn3)nnc21. The molecular weight excluding hydrogens is 274 g/mol. The van der Waals surface area contributed by atoms with Gasteiger partial charge in [0.25, 0.3) is 0 Å². The predicted octanol–water partition coefficient (Wildman–Crippen LogP) is 2.91. The second-order valence-corrected chi connectivity index (χ2v) is 6.04. The standard InChI is InChI=1S/C17H17N5/c1-17(2)16-21-20-15(11-12-7-5-6-10-18-12)22(16)14-9-4-3-8-13(14)19-17/h3-10,19H,11H2,1-2H3. The molecular formula is C17H17N5. The molecule has 22 heavy (non-hydrogen) atoms. The summed E-state index contributed by atoms with van der Waals surface area (Å²) in [5, 5.41) is 12.4. The molecule has 0 aliphatic carbocycles. The summed E-state index contributed by atoms with van der Waals surface area (Å²) in [6.07, 6.45) is 2.47. The number of para-hydroxylation sites is 2. The Balaban J connectivity index is 1.86. The number of nitrogens with zero attached hydrogens (tertiary/aromatic N) is 4. The van der Waals surface area contributed by atoms with E-state index in [0.29, 0.717) is 6.42 Å². The first-order valence-corrected chi connectivity index (χ1v) is 7.37. The predicted molar refractivity (Wildman–Crippen MR) is 85.1 cm³/mol. The van der Waals surface area contributed by atoms with Gasteiger partial charge in [-0.1, -0.05) is 18.2 Å². The smallest absolute Gasteiger partial charge is 0.162 e. The molecule has 1 N–H and O–H groups in total. The van der Waals surface area contributed by atoms with Gasteiger partial charge in [-0.2, -0.15) is 0 Å². The first kappa shape index (κ1) is 13.0. The molecule has 0 saturated heterocycles. The van der Waals surface area contributed by atoms with Gasteiger partial charge in [0, 0.05) is 11.9 Å². The topological polar surface area (TPSA) is 55.6 Å². The molecule has 0 bridgehead atoms. The Morgan fingerprint density at radius 1 is 1.05 bits per heavy atom.